The lowest BCUT2D eigenvalue weighted by Crippen LogP contribution is -2.43. The van der Waals surface area contributed by atoms with Gasteiger partial charge in [0.1, 0.15) is 0 Å². The normalized spacial score (nSPS) is 19.0. The van der Waals surface area contributed by atoms with Crippen molar-refractivity contribution in [2.24, 2.45) is 0 Å². The van der Waals surface area contributed by atoms with Gasteiger partial charge in [0.25, 0.3) is 5.91 Å². The van der Waals surface area contributed by atoms with Crippen molar-refractivity contribution in [2.45, 2.75) is 64.2 Å². The molecule has 0 radical (unpaired) electrons. The van der Waals surface area contributed by atoms with Crippen molar-refractivity contribution in [3.8, 4) is 0 Å². The van der Waals surface area contributed by atoms with Crippen molar-refractivity contribution in [2.75, 3.05) is 43.5 Å². The first kappa shape index (κ1) is 25.3. The van der Waals surface area contributed by atoms with E-state index in [1.165, 1.54) is 5.69 Å². The summed E-state index contributed by atoms with van der Waals surface area (Å²) in [7, 11) is 0. The minimum absolute atomic E-state index is 0. The van der Waals surface area contributed by atoms with Gasteiger partial charge in [-0.15, -0.1) is 24.0 Å². The van der Waals surface area contributed by atoms with Gasteiger partial charge in [-0.1, -0.05) is 0 Å². The molecule has 170 valence electrons. The summed E-state index contributed by atoms with van der Waals surface area (Å²) in [4.78, 5) is 17.1. The number of halogens is 2. The molecule has 0 aliphatic carbocycles. The molecule has 3 rings (SSSR count). The maximum Gasteiger partial charge on any atom is 0.251 e. The first-order valence-corrected chi connectivity index (χ1v) is 11.7. The van der Waals surface area contributed by atoms with Crippen LogP contribution in [0.15, 0.2) is 24.3 Å². The molecule has 2 fully saturated rings. The van der Waals surface area contributed by atoms with Gasteiger partial charge in [-0.25, -0.2) is 0 Å². The van der Waals surface area contributed by atoms with E-state index in [9.17, 15) is 4.79 Å². The molecule has 30 heavy (non-hydrogen) atoms. The molecule has 0 unspecified atom stereocenters. The molecule has 2 aliphatic heterocycles. The van der Waals surface area contributed by atoms with Crippen LogP contribution in [0.1, 0.15) is 56.3 Å². The number of carbonyl (C=O) groups excluding carboxylic acids is 1. The lowest BCUT2D eigenvalue weighted by atomic mass is 10.0. The van der Waals surface area contributed by atoms with E-state index in [1.54, 1.807) is 0 Å². The van der Waals surface area contributed by atoms with Crippen LogP contribution in [-0.2, 0) is 4.74 Å². The molecule has 5 nitrogen and oxygen atoms in total. The summed E-state index contributed by atoms with van der Waals surface area (Å²) in [5.74, 6) is 0.535. The quantitative estimate of drug-likeness (QED) is 0.466. The summed E-state index contributed by atoms with van der Waals surface area (Å²) in [6.07, 6.45) is 6.07. The van der Waals surface area contributed by atoms with Crippen LogP contribution in [0.5, 0.6) is 0 Å². The molecule has 0 spiro atoms. The number of rotatable bonds is 8. The highest BCUT2D eigenvalue weighted by Crippen LogP contribution is 2.25. The van der Waals surface area contributed by atoms with Crippen molar-refractivity contribution in [3.63, 3.8) is 0 Å². The van der Waals surface area contributed by atoms with E-state index in [1.807, 2.05) is 12.1 Å². The predicted octanol–water partition coefficient (Wildman–Crippen LogP) is 4.33. The fraction of sp³-hybridized carbons (Fsp3) is 0.696. The monoisotopic (exact) mass is 457 g/mol. The van der Waals surface area contributed by atoms with Crippen LogP contribution in [0.25, 0.3) is 0 Å². The molecule has 0 atom stereocenters. The highest BCUT2D eigenvalue weighted by atomic mass is 35.5. The van der Waals surface area contributed by atoms with Crippen LogP contribution in [0.2, 0.25) is 0 Å². The molecule has 1 amide bonds. The Balaban J connectivity index is 0.00000320. The highest BCUT2D eigenvalue weighted by molar-refractivity contribution is 6.17. The molecule has 7 heteroatoms. The van der Waals surface area contributed by atoms with Crippen molar-refractivity contribution >= 4 is 35.6 Å². The first-order valence-electron chi connectivity index (χ1n) is 11.2. The minimum atomic E-state index is -0.0303. The van der Waals surface area contributed by atoms with E-state index >= 15 is 0 Å². The Morgan fingerprint density at radius 1 is 1.07 bits per heavy atom. The van der Waals surface area contributed by atoms with Gasteiger partial charge < -0.3 is 19.9 Å². The summed E-state index contributed by atoms with van der Waals surface area (Å²) >= 11 is 5.65. The fourth-order valence-corrected chi connectivity index (χ4v) is 4.38. The Labute approximate surface area is 192 Å². The maximum atomic E-state index is 12.1. The third-order valence-electron chi connectivity index (χ3n) is 6.12. The summed E-state index contributed by atoms with van der Waals surface area (Å²) in [5.41, 5.74) is 1.89. The summed E-state index contributed by atoms with van der Waals surface area (Å²) in [6, 6.07) is 8.58. The molecular formula is C23H37Cl2N3O2. The molecule has 2 saturated heterocycles. The zero-order valence-electron chi connectivity index (χ0n) is 18.3. The fourth-order valence-electron chi connectivity index (χ4n) is 4.24. The van der Waals surface area contributed by atoms with Gasteiger partial charge in [-0.2, -0.15) is 0 Å². The number of piperidine rings is 2. The SMILES string of the molecule is CC(C)N1CCC(OC2CCN(c3ccc(C(=O)NCCCCl)cc3)CC2)CC1.Cl. The number of nitrogens with one attached hydrogen (secondary N) is 1. The lowest BCUT2D eigenvalue weighted by Gasteiger charge is -2.38. The van der Waals surface area contributed by atoms with E-state index < -0.39 is 0 Å². The number of benzene rings is 1. The van der Waals surface area contributed by atoms with Gasteiger partial charge in [0, 0.05) is 55.9 Å². The Kier molecular flexibility index (Phi) is 10.7. The largest absolute Gasteiger partial charge is 0.375 e. The van der Waals surface area contributed by atoms with Crippen molar-refractivity contribution in [1.82, 2.24) is 10.2 Å². The minimum Gasteiger partial charge on any atom is -0.375 e. The zero-order valence-corrected chi connectivity index (χ0v) is 19.9. The molecular weight excluding hydrogens is 421 g/mol. The zero-order chi connectivity index (χ0) is 20.6. The van der Waals surface area contributed by atoms with Crippen LogP contribution in [-0.4, -0.2) is 67.7 Å². The van der Waals surface area contributed by atoms with Crippen molar-refractivity contribution < 1.29 is 9.53 Å². The standard InChI is InChI=1S/C23H36ClN3O2.ClH/c1-18(2)26-14-8-21(9-15-26)29-22-10-16-27(17-11-22)20-6-4-19(5-7-20)23(28)25-13-3-12-24;/h4-7,18,21-22H,3,8-17H2,1-2H3,(H,25,28);1H. The Bertz CT molecular complexity index is 626. The molecule has 2 aliphatic rings. The predicted molar refractivity (Wildman–Crippen MR) is 127 cm³/mol. The van der Waals surface area contributed by atoms with Crippen LogP contribution < -0.4 is 10.2 Å². The number of hydrogen-bond donors (Lipinski definition) is 1. The number of alkyl halides is 1. The summed E-state index contributed by atoms with van der Waals surface area (Å²) < 4.78 is 6.43. The van der Waals surface area contributed by atoms with Crippen LogP contribution in [0.3, 0.4) is 0 Å². The number of ether oxygens (including phenoxy) is 1. The second kappa shape index (κ2) is 12.7. The van der Waals surface area contributed by atoms with E-state index in [4.69, 9.17) is 16.3 Å². The summed E-state index contributed by atoms with van der Waals surface area (Å²) in [5, 5.41) is 2.90. The van der Waals surface area contributed by atoms with Crippen molar-refractivity contribution in [3.05, 3.63) is 29.8 Å². The molecule has 1 aromatic carbocycles. The third kappa shape index (κ3) is 7.30. The number of anilines is 1. The van der Waals surface area contributed by atoms with Crippen LogP contribution in [0, 0.1) is 0 Å². The highest BCUT2D eigenvalue weighted by Gasteiger charge is 2.26. The van der Waals surface area contributed by atoms with Gasteiger partial charge in [0.2, 0.25) is 0 Å². The topological polar surface area (TPSA) is 44.8 Å². The van der Waals surface area contributed by atoms with Gasteiger partial charge in [-0.05, 0) is 70.2 Å². The first-order chi connectivity index (χ1) is 14.1. The van der Waals surface area contributed by atoms with Gasteiger partial charge in [0.15, 0.2) is 0 Å². The Morgan fingerprint density at radius 2 is 1.63 bits per heavy atom. The number of hydrogen-bond acceptors (Lipinski definition) is 4. The molecule has 0 bridgehead atoms. The Hall–Kier alpha value is -1.01. The second-order valence-electron chi connectivity index (χ2n) is 8.50. The van der Waals surface area contributed by atoms with Gasteiger partial charge in [-0.3, -0.25) is 4.79 Å². The molecule has 0 saturated carbocycles. The molecule has 0 aromatic heterocycles. The Morgan fingerprint density at radius 3 is 2.17 bits per heavy atom. The van der Waals surface area contributed by atoms with Gasteiger partial charge in [0.05, 0.1) is 12.2 Å². The van der Waals surface area contributed by atoms with Crippen LogP contribution in [0.4, 0.5) is 5.69 Å². The number of likely N-dealkylation sites (tertiary alicyclic amines) is 1. The van der Waals surface area contributed by atoms with E-state index in [2.05, 4.69) is 41.1 Å². The molecule has 2 heterocycles. The smallest absolute Gasteiger partial charge is 0.251 e. The van der Waals surface area contributed by atoms with Crippen molar-refractivity contribution in [1.29, 1.82) is 0 Å². The summed E-state index contributed by atoms with van der Waals surface area (Å²) in [6.45, 7) is 9.51. The maximum absolute atomic E-state index is 12.1. The van der Waals surface area contributed by atoms with Crippen LogP contribution >= 0.6 is 24.0 Å². The number of nitrogens with zero attached hydrogens (tertiary/aromatic N) is 2. The number of amides is 1. The average Bonchev–Trinajstić information content (AvgIpc) is 2.75. The van der Waals surface area contributed by atoms with E-state index in [-0.39, 0.29) is 18.3 Å². The molecule has 1 N–H and O–H groups in total. The lowest BCUT2D eigenvalue weighted by molar-refractivity contribution is -0.0540. The van der Waals surface area contributed by atoms with E-state index in [0.717, 1.165) is 58.3 Å². The van der Waals surface area contributed by atoms with Gasteiger partial charge >= 0.3 is 0 Å². The molecule has 1 aromatic rings. The second-order valence-corrected chi connectivity index (χ2v) is 8.87. The number of carbonyl (C=O) groups is 1. The average molecular weight is 458 g/mol. The van der Waals surface area contributed by atoms with E-state index in [0.29, 0.717) is 36.2 Å². The third-order valence-corrected chi connectivity index (χ3v) is 6.39.